The highest BCUT2D eigenvalue weighted by atomic mass is 32.1. The molecule has 9 heavy (non-hydrogen) atoms. The van der Waals surface area contributed by atoms with E-state index in [1.165, 1.54) is 0 Å². The Bertz CT molecular complexity index is 54.3. The van der Waals surface area contributed by atoms with Gasteiger partial charge >= 0.3 is 6.18 Å². The summed E-state index contributed by atoms with van der Waals surface area (Å²) >= 11 is 2.98. The van der Waals surface area contributed by atoms with Crippen LogP contribution in [0.5, 0.6) is 0 Å². The second-order valence-corrected chi connectivity index (χ2v) is 1.41. The van der Waals surface area contributed by atoms with Gasteiger partial charge in [0.2, 0.25) is 0 Å². The van der Waals surface area contributed by atoms with E-state index >= 15 is 0 Å². The SMILES string of the molecule is CCO.FC(F)(F)CS. The average Bonchev–Trinajstić information content (AvgIpc) is 1.67. The van der Waals surface area contributed by atoms with E-state index in [2.05, 4.69) is 12.6 Å². The van der Waals surface area contributed by atoms with Crippen LogP contribution in [0.2, 0.25) is 0 Å². The number of aliphatic hydroxyl groups excluding tert-OH is 1. The Kier molecular flexibility index (Phi) is 8.19. The molecule has 0 atom stereocenters. The zero-order chi connectivity index (χ0) is 7.91. The van der Waals surface area contributed by atoms with E-state index in [0.29, 0.717) is 0 Å². The lowest BCUT2D eigenvalue weighted by Gasteiger charge is -1.96. The molecule has 0 saturated carbocycles. The molecule has 1 N–H and O–H groups in total. The summed E-state index contributed by atoms with van der Waals surface area (Å²) in [7, 11) is 0. The lowest BCUT2D eigenvalue weighted by Crippen LogP contribution is -2.07. The monoisotopic (exact) mass is 162 g/mol. The maximum atomic E-state index is 10.7. The third kappa shape index (κ3) is 31.4. The second kappa shape index (κ2) is 6.22. The van der Waals surface area contributed by atoms with Gasteiger partial charge in [0, 0.05) is 6.61 Å². The van der Waals surface area contributed by atoms with Gasteiger partial charge in [0.15, 0.2) is 0 Å². The highest BCUT2D eigenvalue weighted by Crippen LogP contribution is 2.14. The summed E-state index contributed by atoms with van der Waals surface area (Å²) in [6, 6.07) is 0. The first-order valence-electron chi connectivity index (χ1n) is 2.26. The Hall–Kier alpha value is 0.100. The van der Waals surface area contributed by atoms with Crippen LogP contribution in [0.25, 0.3) is 0 Å². The first-order chi connectivity index (χ1) is 3.97. The van der Waals surface area contributed by atoms with Gasteiger partial charge in [-0.3, -0.25) is 0 Å². The molecule has 1 nitrogen and oxygen atoms in total. The molecule has 0 radical (unpaired) electrons. The fourth-order valence-corrected chi connectivity index (χ4v) is 0. The van der Waals surface area contributed by atoms with Gasteiger partial charge in [-0.2, -0.15) is 25.8 Å². The molecule has 0 heterocycles. The topological polar surface area (TPSA) is 20.2 Å². The Morgan fingerprint density at radius 3 is 1.56 bits per heavy atom. The summed E-state index contributed by atoms with van der Waals surface area (Å²) in [5.74, 6) is -1.03. The summed E-state index contributed by atoms with van der Waals surface area (Å²) < 4.78 is 32.1. The van der Waals surface area contributed by atoms with E-state index in [1.54, 1.807) is 6.92 Å². The van der Waals surface area contributed by atoms with Crippen molar-refractivity contribution in [1.82, 2.24) is 0 Å². The molecule has 0 bridgehead atoms. The smallest absolute Gasteiger partial charge is 0.397 e. The predicted octanol–water partition coefficient (Wildman–Crippen LogP) is 1.48. The molecule has 0 fully saturated rings. The van der Waals surface area contributed by atoms with Crippen molar-refractivity contribution in [2.75, 3.05) is 12.4 Å². The maximum Gasteiger partial charge on any atom is 0.397 e. The van der Waals surface area contributed by atoms with Crippen molar-refractivity contribution in [2.24, 2.45) is 0 Å². The Balaban J connectivity index is 0. The van der Waals surface area contributed by atoms with Gasteiger partial charge in [-0.05, 0) is 6.92 Å². The van der Waals surface area contributed by atoms with E-state index < -0.39 is 11.9 Å². The van der Waals surface area contributed by atoms with E-state index in [-0.39, 0.29) is 6.61 Å². The lowest BCUT2D eigenvalue weighted by atomic mass is 10.8. The van der Waals surface area contributed by atoms with Crippen LogP contribution in [0, 0.1) is 0 Å². The van der Waals surface area contributed by atoms with Crippen molar-refractivity contribution < 1.29 is 18.3 Å². The standard InChI is InChI=1S/C2H3F3S.C2H6O/c3-2(4,5)1-6;1-2-3/h6H,1H2;3H,2H2,1H3. The quantitative estimate of drug-likeness (QED) is 0.517. The van der Waals surface area contributed by atoms with E-state index in [4.69, 9.17) is 5.11 Å². The molecular formula is C4H9F3OS. The van der Waals surface area contributed by atoms with Gasteiger partial charge in [-0.25, -0.2) is 0 Å². The summed E-state index contributed by atoms with van der Waals surface area (Å²) in [6.07, 6.45) is -4.09. The van der Waals surface area contributed by atoms with Crippen LogP contribution in [-0.2, 0) is 0 Å². The fourth-order valence-electron chi connectivity index (χ4n) is 0. The molecule has 0 aliphatic rings. The summed E-state index contributed by atoms with van der Waals surface area (Å²) in [6.45, 7) is 1.93. The van der Waals surface area contributed by atoms with Crippen molar-refractivity contribution in [3.8, 4) is 0 Å². The minimum absolute atomic E-state index is 0.250. The molecule has 0 aromatic rings. The highest BCUT2D eigenvalue weighted by Gasteiger charge is 2.23. The van der Waals surface area contributed by atoms with Crippen LogP contribution >= 0.6 is 12.6 Å². The van der Waals surface area contributed by atoms with Gasteiger partial charge in [-0.1, -0.05) is 0 Å². The van der Waals surface area contributed by atoms with Crippen LogP contribution in [0.3, 0.4) is 0 Å². The van der Waals surface area contributed by atoms with E-state index in [9.17, 15) is 13.2 Å². The predicted molar refractivity (Wildman–Crippen MR) is 32.7 cm³/mol. The van der Waals surface area contributed by atoms with Crippen LogP contribution in [0.15, 0.2) is 0 Å². The van der Waals surface area contributed by atoms with Gasteiger partial charge in [-0.15, -0.1) is 0 Å². The number of thiol groups is 1. The molecule has 0 saturated heterocycles. The zero-order valence-electron chi connectivity index (χ0n) is 4.94. The molecule has 0 aromatic carbocycles. The Labute approximate surface area is 57.3 Å². The van der Waals surface area contributed by atoms with Crippen molar-refractivity contribution >= 4 is 12.6 Å². The molecule has 0 aromatic heterocycles. The number of alkyl halides is 3. The second-order valence-electron chi connectivity index (χ2n) is 1.09. The molecule has 0 aliphatic carbocycles. The molecule has 58 valence electrons. The third-order valence-corrected chi connectivity index (χ3v) is 0.538. The highest BCUT2D eigenvalue weighted by molar-refractivity contribution is 7.80. The van der Waals surface area contributed by atoms with Crippen molar-refractivity contribution in [3.05, 3.63) is 0 Å². The first kappa shape index (κ1) is 11.8. The van der Waals surface area contributed by atoms with Gasteiger partial charge < -0.3 is 5.11 Å². The average molecular weight is 162 g/mol. The Morgan fingerprint density at radius 2 is 1.56 bits per heavy atom. The van der Waals surface area contributed by atoms with Gasteiger partial charge in [0.25, 0.3) is 0 Å². The number of halogens is 3. The van der Waals surface area contributed by atoms with Gasteiger partial charge in [0.1, 0.15) is 0 Å². The molecule has 5 heteroatoms. The normalized spacial score (nSPS) is 10.0. The summed E-state index contributed by atoms with van der Waals surface area (Å²) in [4.78, 5) is 0. The number of hydrogen-bond donors (Lipinski definition) is 2. The molecule has 0 amide bonds. The zero-order valence-corrected chi connectivity index (χ0v) is 5.84. The molecular weight excluding hydrogens is 153 g/mol. The largest absolute Gasteiger partial charge is 0.397 e. The minimum Gasteiger partial charge on any atom is -0.397 e. The van der Waals surface area contributed by atoms with Crippen LogP contribution in [0.1, 0.15) is 6.92 Å². The molecule has 0 spiro atoms. The molecule has 0 rings (SSSR count). The summed E-state index contributed by atoms with van der Waals surface area (Å²) in [5, 5.41) is 7.57. The van der Waals surface area contributed by atoms with Crippen LogP contribution in [0.4, 0.5) is 13.2 Å². The van der Waals surface area contributed by atoms with Crippen LogP contribution < -0.4 is 0 Å². The van der Waals surface area contributed by atoms with Crippen molar-refractivity contribution in [1.29, 1.82) is 0 Å². The van der Waals surface area contributed by atoms with Gasteiger partial charge in [0.05, 0.1) is 5.75 Å². The summed E-state index contributed by atoms with van der Waals surface area (Å²) in [5.41, 5.74) is 0. The maximum absolute atomic E-state index is 10.7. The lowest BCUT2D eigenvalue weighted by molar-refractivity contribution is -0.104. The van der Waals surface area contributed by atoms with Crippen molar-refractivity contribution in [3.63, 3.8) is 0 Å². The Morgan fingerprint density at radius 1 is 1.44 bits per heavy atom. The minimum atomic E-state index is -4.09. The molecule has 0 unspecified atom stereocenters. The van der Waals surface area contributed by atoms with Crippen LogP contribution in [-0.4, -0.2) is 23.6 Å². The fraction of sp³-hybridized carbons (Fsp3) is 1.00. The van der Waals surface area contributed by atoms with E-state index in [1.807, 2.05) is 0 Å². The number of rotatable bonds is 0. The first-order valence-corrected chi connectivity index (χ1v) is 2.89. The number of aliphatic hydroxyl groups is 1. The number of hydrogen-bond acceptors (Lipinski definition) is 2. The van der Waals surface area contributed by atoms with E-state index in [0.717, 1.165) is 0 Å². The third-order valence-electron chi connectivity index (χ3n) is 0.179. The molecule has 0 aliphatic heterocycles. The van der Waals surface area contributed by atoms with Crippen molar-refractivity contribution in [2.45, 2.75) is 13.1 Å².